The summed E-state index contributed by atoms with van der Waals surface area (Å²) in [4.78, 5) is 16.2. The first-order chi connectivity index (χ1) is 12.1. The standard InChI is InChI=1S/C19H21FN2O3/c1-13(24-12-14-2-3-14)19(23)22-11-15-8-9-21-18(10-15)25-17-6-4-16(20)5-7-17/h4-10,13-14H,2-3,11-12H2,1H3,(H,22,23). The van der Waals surface area contributed by atoms with Gasteiger partial charge in [-0.1, -0.05) is 0 Å². The first kappa shape index (κ1) is 17.4. The van der Waals surface area contributed by atoms with Gasteiger partial charge in [0.2, 0.25) is 11.8 Å². The quantitative estimate of drug-likeness (QED) is 0.797. The summed E-state index contributed by atoms with van der Waals surface area (Å²) in [5.74, 6) is 1.04. The fourth-order valence-electron chi connectivity index (χ4n) is 2.21. The van der Waals surface area contributed by atoms with E-state index in [4.69, 9.17) is 9.47 Å². The molecule has 0 bridgehead atoms. The van der Waals surface area contributed by atoms with Crippen LogP contribution in [0.4, 0.5) is 4.39 Å². The predicted octanol–water partition coefficient (Wildman–Crippen LogP) is 3.44. The minimum absolute atomic E-state index is 0.140. The van der Waals surface area contributed by atoms with Crippen molar-refractivity contribution in [2.24, 2.45) is 5.92 Å². The summed E-state index contributed by atoms with van der Waals surface area (Å²) >= 11 is 0. The monoisotopic (exact) mass is 344 g/mol. The van der Waals surface area contributed by atoms with Crippen LogP contribution in [0.5, 0.6) is 11.6 Å². The molecule has 1 aromatic carbocycles. The Balaban J connectivity index is 1.50. The molecule has 0 spiro atoms. The van der Waals surface area contributed by atoms with E-state index in [1.54, 1.807) is 25.3 Å². The van der Waals surface area contributed by atoms with Crippen LogP contribution in [-0.2, 0) is 16.1 Å². The number of rotatable bonds is 8. The molecule has 1 heterocycles. The lowest BCUT2D eigenvalue weighted by atomic mass is 10.2. The van der Waals surface area contributed by atoms with Crippen molar-refractivity contribution in [3.05, 3.63) is 54.0 Å². The van der Waals surface area contributed by atoms with Crippen LogP contribution >= 0.6 is 0 Å². The highest BCUT2D eigenvalue weighted by molar-refractivity contribution is 5.80. The third-order valence-electron chi connectivity index (χ3n) is 3.95. The second kappa shape index (κ2) is 8.07. The summed E-state index contributed by atoms with van der Waals surface area (Å²) in [5.41, 5.74) is 0.856. The first-order valence-corrected chi connectivity index (χ1v) is 8.38. The first-order valence-electron chi connectivity index (χ1n) is 8.38. The minimum Gasteiger partial charge on any atom is -0.439 e. The summed E-state index contributed by atoms with van der Waals surface area (Å²) in [7, 11) is 0. The highest BCUT2D eigenvalue weighted by Crippen LogP contribution is 2.29. The van der Waals surface area contributed by atoms with Gasteiger partial charge in [0.1, 0.15) is 17.7 Å². The van der Waals surface area contributed by atoms with Gasteiger partial charge < -0.3 is 14.8 Å². The van der Waals surface area contributed by atoms with Crippen molar-refractivity contribution in [1.82, 2.24) is 10.3 Å². The Morgan fingerprint density at radius 2 is 2.08 bits per heavy atom. The summed E-state index contributed by atoms with van der Waals surface area (Å²) in [6, 6.07) is 9.24. The van der Waals surface area contributed by atoms with E-state index >= 15 is 0 Å². The van der Waals surface area contributed by atoms with Crippen LogP contribution in [0.1, 0.15) is 25.3 Å². The maximum Gasteiger partial charge on any atom is 0.249 e. The molecule has 1 aromatic heterocycles. The Morgan fingerprint density at radius 1 is 1.32 bits per heavy atom. The van der Waals surface area contributed by atoms with Gasteiger partial charge in [0, 0.05) is 18.8 Å². The zero-order chi connectivity index (χ0) is 17.6. The van der Waals surface area contributed by atoms with Gasteiger partial charge >= 0.3 is 0 Å². The second-order valence-corrected chi connectivity index (χ2v) is 6.20. The molecule has 0 aliphatic heterocycles. The molecule has 1 unspecified atom stereocenters. The maximum absolute atomic E-state index is 12.9. The molecule has 1 fully saturated rings. The maximum atomic E-state index is 12.9. The average molecular weight is 344 g/mol. The van der Waals surface area contributed by atoms with Crippen molar-refractivity contribution >= 4 is 5.91 Å². The van der Waals surface area contributed by atoms with E-state index < -0.39 is 6.10 Å². The number of hydrogen-bond donors (Lipinski definition) is 1. The van der Waals surface area contributed by atoms with Crippen LogP contribution < -0.4 is 10.1 Å². The van der Waals surface area contributed by atoms with Crippen LogP contribution in [0.3, 0.4) is 0 Å². The highest BCUT2D eigenvalue weighted by Gasteiger charge is 2.23. The van der Waals surface area contributed by atoms with Crippen molar-refractivity contribution in [3.8, 4) is 11.6 Å². The molecule has 6 heteroatoms. The van der Waals surface area contributed by atoms with Crippen LogP contribution in [-0.4, -0.2) is 23.6 Å². The molecule has 5 nitrogen and oxygen atoms in total. The van der Waals surface area contributed by atoms with Crippen LogP contribution in [0, 0.1) is 11.7 Å². The number of amides is 1. The molecule has 3 rings (SSSR count). The number of aromatic nitrogens is 1. The number of ether oxygens (including phenoxy) is 2. The van der Waals surface area contributed by atoms with E-state index in [1.165, 1.54) is 37.1 Å². The molecule has 0 saturated heterocycles. The molecule has 1 N–H and O–H groups in total. The summed E-state index contributed by atoms with van der Waals surface area (Å²) in [6.45, 7) is 2.77. The number of carbonyl (C=O) groups is 1. The molecular weight excluding hydrogens is 323 g/mol. The third kappa shape index (κ3) is 5.53. The average Bonchev–Trinajstić information content (AvgIpc) is 3.44. The van der Waals surface area contributed by atoms with Gasteiger partial charge in [-0.3, -0.25) is 4.79 Å². The molecule has 1 saturated carbocycles. The lowest BCUT2D eigenvalue weighted by Gasteiger charge is -2.13. The number of hydrogen-bond acceptors (Lipinski definition) is 4. The Kier molecular flexibility index (Phi) is 5.60. The summed E-state index contributed by atoms with van der Waals surface area (Å²) < 4.78 is 24.0. The largest absolute Gasteiger partial charge is 0.439 e. The van der Waals surface area contributed by atoms with Gasteiger partial charge in [-0.15, -0.1) is 0 Å². The Morgan fingerprint density at radius 3 is 2.80 bits per heavy atom. The third-order valence-corrected chi connectivity index (χ3v) is 3.95. The van der Waals surface area contributed by atoms with Gasteiger partial charge in [-0.05, 0) is 61.6 Å². The van der Waals surface area contributed by atoms with Crippen LogP contribution in [0.2, 0.25) is 0 Å². The number of halogens is 1. The van der Waals surface area contributed by atoms with Gasteiger partial charge in [-0.2, -0.15) is 0 Å². The van der Waals surface area contributed by atoms with E-state index in [9.17, 15) is 9.18 Å². The fraction of sp³-hybridized carbons (Fsp3) is 0.368. The molecule has 1 amide bonds. The van der Waals surface area contributed by atoms with E-state index in [2.05, 4.69) is 10.3 Å². The molecule has 132 valence electrons. The topological polar surface area (TPSA) is 60.5 Å². The molecule has 2 aromatic rings. The van der Waals surface area contributed by atoms with Crippen molar-refractivity contribution in [2.75, 3.05) is 6.61 Å². The summed E-state index contributed by atoms with van der Waals surface area (Å²) in [6.07, 6.45) is 3.54. The Hall–Kier alpha value is -2.47. The molecule has 1 aliphatic rings. The lowest BCUT2D eigenvalue weighted by Crippen LogP contribution is -2.34. The van der Waals surface area contributed by atoms with Crippen molar-refractivity contribution < 1.29 is 18.7 Å². The minimum atomic E-state index is -0.461. The number of benzene rings is 1. The Labute approximate surface area is 146 Å². The molecule has 25 heavy (non-hydrogen) atoms. The smallest absolute Gasteiger partial charge is 0.249 e. The van der Waals surface area contributed by atoms with Gasteiger partial charge in [0.15, 0.2) is 0 Å². The van der Waals surface area contributed by atoms with E-state index in [0.29, 0.717) is 30.7 Å². The molecule has 1 aliphatic carbocycles. The number of carbonyl (C=O) groups excluding carboxylic acids is 1. The molecular formula is C19H21FN2O3. The molecule has 0 radical (unpaired) electrons. The zero-order valence-corrected chi connectivity index (χ0v) is 14.1. The van der Waals surface area contributed by atoms with Gasteiger partial charge in [0.05, 0.1) is 6.61 Å². The lowest BCUT2D eigenvalue weighted by molar-refractivity contribution is -0.132. The molecule has 1 atom stereocenters. The SMILES string of the molecule is CC(OCC1CC1)C(=O)NCc1ccnc(Oc2ccc(F)cc2)c1. The number of pyridine rings is 1. The van der Waals surface area contributed by atoms with Crippen molar-refractivity contribution in [1.29, 1.82) is 0 Å². The number of nitrogens with one attached hydrogen (secondary N) is 1. The van der Waals surface area contributed by atoms with Crippen molar-refractivity contribution in [2.45, 2.75) is 32.4 Å². The van der Waals surface area contributed by atoms with Gasteiger partial charge in [0.25, 0.3) is 0 Å². The normalized spacial score (nSPS) is 14.8. The van der Waals surface area contributed by atoms with Crippen LogP contribution in [0.15, 0.2) is 42.6 Å². The van der Waals surface area contributed by atoms with E-state index in [1.807, 2.05) is 0 Å². The highest BCUT2D eigenvalue weighted by atomic mass is 19.1. The number of nitrogens with zero attached hydrogens (tertiary/aromatic N) is 1. The zero-order valence-electron chi connectivity index (χ0n) is 14.1. The van der Waals surface area contributed by atoms with Crippen molar-refractivity contribution in [3.63, 3.8) is 0 Å². The summed E-state index contributed by atoms with van der Waals surface area (Å²) in [5, 5.41) is 2.84. The van der Waals surface area contributed by atoms with Crippen LogP contribution in [0.25, 0.3) is 0 Å². The second-order valence-electron chi connectivity index (χ2n) is 6.20. The Bertz CT molecular complexity index is 717. The fourth-order valence-corrected chi connectivity index (χ4v) is 2.21. The van der Waals surface area contributed by atoms with Gasteiger partial charge in [-0.25, -0.2) is 9.37 Å². The van der Waals surface area contributed by atoms with E-state index in [-0.39, 0.29) is 11.7 Å². The predicted molar refractivity (Wildman–Crippen MR) is 90.7 cm³/mol. The van der Waals surface area contributed by atoms with E-state index in [0.717, 1.165) is 5.56 Å².